The highest BCUT2D eigenvalue weighted by molar-refractivity contribution is 4.98. The monoisotopic (exact) mass is 240 g/mol. The van der Waals surface area contributed by atoms with Gasteiger partial charge in [-0.3, -0.25) is 0 Å². The Labute approximate surface area is 108 Å². The fourth-order valence-electron chi connectivity index (χ4n) is 3.43. The molecule has 1 aliphatic carbocycles. The second-order valence-corrected chi connectivity index (χ2v) is 9.01. The smallest absolute Gasteiger partial charge is 0.0606 e. The van der Waals surface area contributed by atoms with E-state index in [9.17, 15) is 5.11 Å². The van der Waals surface area contributed by atoms with E-state index in [1.54, 1.807) is 0 Å². The molecule has 0 aromatic heterocycles. The normalized spacial score (nSPS) is 34.8. The van der Waals surface area contributed by atoms with Crippen LogP contribution in [0.1, 0.15) is 68.2 Å². The van der Waals surface area contributed by atoms with Crippen molar-refractivity contribution in [3.05, 3.63) is 0 Å². The third kappa shape index (κ3) is 3.47. The largest absolute Gasteiger partial charge is 0.393 e. The van der Waals surface area contributed by atoms with Gasteiger partial charge in [0.25, 0.3) is 0 Å². The van der Waals surface area contributed by atoms with Crippen molar-refractivity contribution in [2.45, 2.75) is 74.3 Å². The molecule has 1 saturated carbocycles. The van der Waals surface area contributed by atoms with E-state index in [0.717, 1.165) is 12.8 Å². The molecule has 1 N–H and O–H groups in total. The molecular formula is C16H32O. The van der Waals surface area contributed by atoms with E-state index in [1.165, 1.54) is 0 Å². The van der Waals surface area contributed by atoms with Gasteiger partial charge in [0.05, 0.1) is 6.10 Å². The van der Waals surface area contributed by atoms with Crippen LogP contribution < -0.4 is 0 Å². The first-order chi connectivity index (χ1) is 7.34. The van der Waals surface area contributed by atoms with Gasteiger partial charge >= 0.3 is 0 Å². The van der Waals surface area contributed by atoms with Crippen LogP contribution in [0.25, 0.3) is 0 Å². The van der Waals surface area contributed by atoms with Crippen molar-refractivity contribution < 1.29 is 5.11 Å². The van der Waals surface area contributed by atoms with Gasteiger partial charge in [-0.25, -0.2) is 0 Å². The zero-order chi connectivity index (χ0) is 13.6. The van der Waals surface area contributed by atoms with Crippen molar-refractivity contribution in [3.8, 4) is 0 Å². The fourth-order valence-corrected chi connectivity index (χ4v) is 3.43. The van der Waals surface area contributed by atoms with Crippen LogP contribution in [0.4, 0.5) is 0 Å². The molecular weight excluding hydrogens is 208 g/mol. The van der Waals surface area contributed by atoms with Crippen LogP contribution in [0.5, 0.6) is 0 Å². The number of hydrogen-bond donors (Lipinski definition) is 1. The van der Waals surface area contributed by atoms with Gasteiger partial charge < -0.3 is 5.11 Å². The average Bonchev–Trinajstić information content (AvgIpc) is 2.04. The summed E-state index contributed by atoms with van der Waals surface area (Å²) < 4.78 is 0. The maximum absolute atomic E-state index is 10.7. The maximum Gasteiger partial charge on any atom is 0.0606 e. The van der Waals surface area contributed by atoms with Gasteiger partial charge in [-0.05, 0) is 40.9 Å². The van der Waals surface area contributed by atoms with E-state index < -0.39 is 0 Å². The molecule has 0 heterocycles. The average molecular weight is 240 g/mol. The Morgan fingerprint density at radius 3 is 1.35 bits per heavy atom. The van der Waals surface area contributed by atoms with Gasteiger partial charge in [0.2, 0.25) is 0 Å². The van der Waals surface area contributed by atoms with Crippen molar-refractivity contribution in [1.29, 1.82) is 0 Å². The van der Waals surface area contributed by atoms with E-state index in [4.69, 9.17) is 0 Å². The molecule has 2 atom stereocenters. The van der Waals surface area contributed by atoms with Crippen LogP contribution >= 0.6 is 0 Å². The Bertz CT molecular complexity index is 238. The standard InChI is InChI=1S/C16H32O/c1-14(2,3)11-9-16(7,8)10-12(13(11)17)15(4,5)6/h11-13,17H,9-10H2,1-8H3. The molecule has 0 aromatic rings. The maximum atomic E-state index is 10.7. The van der Waals surface area contributed by atoms with Crippen LogP contribution in [0, 0.1) is 28.1 Å². The molecule has 0 amide bonds. The molecule has 0 radical (unpaired) electrons. The summed E-state index contributed by atoms with van der Waals surface area (Å²) in [6, 6.07) is 0. The minimum absolute atomic E-state index is 0.150. The van der Waals surface area contributed by atoms with E-state index >= 15 is 0 Å². The summed E-state index contributed by atoms with van der Waals surface area (Å²) in [5, 5.41) is 10.7. The van der Waals surface area contributed by atoms with Crippen LogP contribution in [-0.4, -0.2) is 11.2 Å². The van der Waals surface area contributed by atoms with Crippen LogP contribution in [0.3, 0.4) is 0 Å². The highest BCUT2D eigenvalue weighted by Crippen LogP contribution is 2.52. The van der Waals surface area contributed by atoms with Gasteiger partial charge in [-0.1, -0.05) is 55.4 Å². The summed E-state index contributed by atoms with van der Waals surface area (Å²) in [5.41, 5.74) is 0.746. The minimum atomic E-state index is -0.150. The summed E-state index contributed by atoms with van der Waals surface area (Å²) in [7, 11) is 0. The first-order valence-electron chi connectivity index (χ1n) is 7.03. The third-order valence-corrected chi connectivity index (χ3v) is 4.59. The Morgan fingerprint density at radius 1 is 0.824 bits per heavy atom. The van der Waals surface area contributed by atoms with Gasteiger partial charge in [-0.2, -0.15) is 0 Å². The van der Waals surface area contributed by atoms with E-state index in [0.29, 0.717) is 17.3 Å². The molecule has 0 aliphatic heterocycles. The van der Waals surface area contributed by atoms with Gasteiger partial charge in [-0.15, -0.1) is 0 Å². The van der Waals surface area contributed by atoms with Crippen LogP contribution in [0.2, 0.25) is 0 Å². The highest BCUT2D eigenvalue weighted by atomic mass is 16.3. The Balaban J connectivity index is 3.03. The van der Waals surface area contributed by atoms with E-state index in [2.05, 4.69) is 55.4 Å². The first-order valence-corrected chi connectivity index (χ1v) is 7.03. The predicted molar refractivity (Wildman–Crippen MR) is 74.9 cm³/mol. The van der Waals surface area contributed by atoms with Crippen molar-refractivity contribution in [2.24, 2.45) is 28.1 Å². The van der Waals surface area contributed by atoms with Crippen LogP contribution in [-0.2, 0) is 0 Å². The van der Waals surface area contributed by atoms with Crippen molar-refractivity contribution in [3.63, 3.8) is 0 Å². The molecule has 1 heteroatoms. The van der Waals surface area contributed by atoms with E-state index in [-0.39, 0.29) is 16.9 Å². The lowest BCUT2D eigenvalue weighted by Crippen LogP contribution is -2.49. The van der Waals surface area contributed by atoms with Crippen molar-refractivity contribution in [1.82, 2.24) is 0 Å². The van der Waals surface area contributed by atoms with Crippen LogP contribution in [0.15, 0.2) is 0 Å². The molecule has 1 aliphatic rings. The molecule has 102 valence electrons. The molecule has 2 unspecified atom stereocenters. The summed E-state index contributed by atoms with van der Waals surface area (Å²) in [5.74, 6) is 0.825. The molecule has 0 bridgehead atoms. The highest BCUT2D eigenvalue weighted by Gasteiger charge is 2.48. The lowest BCUT2D eigenvalue weighted by Gasteiger charge is -2.52. The van der Waals surface area contributed by atoms with E-state index in [1.807, 2.05) is 0 Å². The SMILES string of the molecule is CC1(C)CC(C(C)(C)C)C(O)C(C(C)(C)C)C1. The number of hydrogen-bond acceptors (Lipinski definition) is 1. The van der Waals surface area contributed by atoms with Gasteiger partial charge in [0, 0.05) is 0 Å². The lowest BCUT2D eigenvalue weighted by molar-refractivity contribution is -0.102. The minimum Gasteiger partial charge on any atom is -0.393 e. The summed E-state index contributed by atoms with van der Waals surface area (Å²) in [4.78, 5) is 0. The summed E-state index contributed by atoms with van der Waals surface area (Å²) in [6.45, 7) is 18.3. The fraction of sp³-hybridized carbons (Fsp3) is 1.00. The summed E-state index contributed by atoms with van der Waals surface area (Å²) >= 11 is 0. The number of aliphatic hydroxyl groups is 1. The van der Waals surface area contributed by atoms with Crippen molar-refractivity contribution in [2.75, 3.05) is 0 Å². The Kier molecular flexibility index (Phi) is 3.76. The molecule has 0 saturated heterocycles. The number of rotatable bonds is 0. The first kappa shape index (κ1) is 15.0. The quantitative estimate of drug-likeness (QED) is 0.661. The zero-order valence-electron chi connectivity index (χ0n) is 13.1. The summed E-state index contributed by atoms with van der Waals surface area (Å²) in [6.07, 6.45) is 2.14. The lowest BCUT2D eigenvalue weighted by atomic mass is 9.55. The van der Waals surface area contributed by atoms with Gasteiger partial charge in [0.15, 0.2) is 0 Å². The molecule has 0 aromatic carbocycles. The van der Waals surface area contributed by atoms with Crippen molar-refractivity contribution >= 4 is 0 Å². The predicted octanol–water partition coefficient (Wildman–Crippen LogP) is 4.49. The molecule has 1 rings (SSSR count). The Morgan fingerprint density at radius 2 is 1.12 bits per heavy atom. The molecule has 17 heavy (non-hydrogen) atoms. The second kappa shape index (κ2) is 4.26. The molecule has 1 nitrogen and oxygen atoms in total. The molecule has 1 fully saturated rings. The topological polar surface area (TPSA) is 20.2 Å². The second-order valence-electron chi connectivity index (χ2n) is 9.01. The Hall–Kier alpha value is -0.0400. The van der Waals surface area contributed by atoms with Gasteiger partial charge in [0.1, 0.15) is 0 Å². The third-order valence-electron chi connectivity index (χ3n) is 4.59. The zero-order valence-corrected chi connectivity index (χ0v) is 13.1. The number of aliphatic hydroxyl groups excluding tert-OH is 1. The molecule has 0 spiro atoms.